The predicted molar refractivity (Wildman–Crippen MR) is 71.2 cm³/mol. The average Bonchev–Trinajstić information content (AvgIpc) is 2.86. The number of hydrogen-bond acceptors (Lipinski definition) is 6. The highest BCUT2D eigenvalue weighted by molar-refractivity contribution is 5.74. The lowest BCUT2D eigenvalue weighted by Gasteiger charge is -2.18. The van der Waals surface area contributed by atoms with Gasteiger partial charge in [-0.3, -0.25) is 0 Å². The summed E-state index contributed by atoms with van der Waals surface area (Å²) in [5.74, 6) is 0. The molecule has 2 N–H and O–H groups in total. The minimum absolute atomic E-state index is 0.00286. The summed E-state index contributed by atoms with van der Waals surface area (Å²) < 4.78 is 10.9. The number of hydrogen-bond donors (Lipinski definition) is 2. The Labute approximate surface area is 111 Å². The topological polar surface area (TPSA) is 79.0 Å². The molecule has 0 radical (unpaired) electrons. The molecule has 0 saturated heterocycles. The van der Waals surface area contributed by atoms with Crippen LogP contribution >= 0.6 is 0 Å². The molecule has 19 heavy (non-hydrogen) atoms. The first-order valence-electron chi connectivity index (χ1n) is 6.25. The average molecular weight is 266 g/mol. The molecule has 2 rings (SSSR count). The summed E-state index contributed by atoms with van der Waals surface area (Å²) in [6, 6.07) is 7.99. The summed E-state index contributed by atoms with van der Waals surface area (Å²) >= 11 is 0. The number of oxazole rings is 1. The second-order valence-corrected chi connectivity index (χ2v) is 4.01. The third-order valence-electron chi connectivity index (χ3n) is 2.66. The van der Waals surface area contributed by atoms with Crippen molar-refractivity contribution in [3.63, 3.8) is 0 Å². The first-order valence-corrected chi connectivity index (χ1v) is 6.25. The molecular formula is C13H18N2O4. The van der Waals surface area contributed by atoms with Crippen molar-refractivity contribution in [1.29, 1.82) is 0 Å². The molecule has 0 bridgehead atoms. The Morgan fingerprint density at radius 2 is 1.95 bits per heavy atom. The zero-order valence-electron chi connectivity index (χ0n) is 10.7. The monoisotopic (exact) mass is 266 g/mol. The van der Waals surface area contributed by atoms with Crippen molar-refractivity contribution >= 4 is 17.1 Å². The Morgan fingerprint density at radius 3 is 2.68 bits per heavy atom. The fourth-order valence-corrected chi connectivity index (χ4v) is 1.76. The number of benzene rings is 1. The van der Waals surface area contributed by atoms with Crippen LogP contribution in [0.25, 0.3) is 11.1 Å². The lowest BCUT2D eigenvalue weighted by Crippen LogP contribution is -2.30. The van der Waals surface area contributed by atoms with E-state index in [9.17, 15) is 0 Å². The van der Waals surface area contributed by atoms with Gasteiger partial charge >= 0.3 is 0 Å². The lowest BCUT2D eigenvalue weighted by molar-refractivity contribution is 0.0958. The molecule has 0 aliphatic heterocycles. The number of aliphatic hydroxyl groups is 2. The zero-order chi connectivity index (χ0) is 13.5. The van der Waals surface area contributed by atoms with E-state index < -0.39 is 0 Å². The summed E-state index contributed by atoms with van der Waals surface area (Å²) in [7, 11) is 0. The number of nitrogens with zero attached hydrogens (tertiary/aromatic N) is 2. The molecule has 0 saturated carbocycles. The minimum Gasteiger partial charge on any atom is -0.423 e. The number of aromatic nitrogens is 1. The van der Waals surface area contributed by atoms with Crippen molar-refractivity contribution in [2.45, 2.75) is 0 Å². The van der Waals surface area contributed by atoms with Gasteiger partial charge in [-0.05, 0) is 12.1 Å². The summed E-state index contributed by atoms with van der Waals surface area (Å²) in [6.07, 6.45) is 0. The van der Waals surface area contributed by atoms with Gasteiger partial charge in [0.05, 0.1) is 26.4 Å². The van der Waals surface area contributed by atoms with Gasteiger partial charge in [-0.15, -0.1) is 0 Å². The van der Waals surface area contributed by atoms with E-state index in [0.29, 0.717) is 32.3 Å². The number of ether oxygens (including phenoxy) is 1. The van der Waals surface area contributed by atoms with Crippen LogP contribution < -0.4 is 4.90 Å². The standard InChI is InChI=1S/C13H18N2O4/c16-7-5-15(6-9-18-10-8-17)13-14-11-3-1-2-4-12(11)19-13/h1-4,16-17H,5-10H2. The van der Waals surface area contributed by atoms with Crippen molar-refractivity contribution in [2.24, 2.45) is 0 Å². The van der Waals surface area contributed by atoms with E-state index in [-0.39, 0.29) is 13.2 Å². The van der Waals surface area contributed by atoms with E-state index in [1.54, 1.807) is 0 Å². The van der Waals surface area contributed by atoms with Crippen molar-refractivity contribution in [2.75, 3.05) is 44.4 Å². The van der Waals surface area contributed by atoms with Crippen LogP contribution in [-0.4, -0.2) is 54.7 Å². The van der Waals surface area contributed by atoms with Gasteiger partial charge in [-0.25, -0.2) is 0 Å². The number of fused-ring (bicyclic) bond motifs is 1. The number of rotatable bonds is 8. The zero-order valence-corrected chi connectivity index (χ0v) is 10.7. The first kappa shape index (κ1) is 13.8. The SMILES string of the molecule is OCCOCCN(CCO)c1nc2ccccc2o1. The van der Waals surface area contributed by atoms with Gasteiger partial charge in [0.2, 0.25) is 0 Å². The second kappa shape index (κ2) is 7.08. The van der Waals surface area contributed by atoms with Crippen LogP contribution in [0, 0.1) is 0 Å². The van der Waals surface area contributed by atoms with E-state index >= 15 is 0 Å². The van der Waals surface area contributed by atoms with Gasteiger partial charge in [0.15, 0.2) is 5.58 Å². The maximum atomic E-state index is 9.08. The maximum Gasteiger partial charge on any atom is 0.298 e. The highest BCUT2D eigenvalue weighted by Crippen LogP contribution is 2.21. The van der Waals surface area contributed by atoms with E-state index in [4.69, 9.17) is 19.4 Å². The number of para-hydroxylation sites is 2. The molecule has 1 aromatic carbocycles. The van der Waals surface area contributed by atoms with Crippen LogP contribution in [0.2, 0.25) is 0 Å². The van der Waals surface area contributed by atoms with Crippen molar-refractivity contribution in [3.05, 3.63) is 24.3 Å². The molecule has 1 aromatic heterocycles. The van der Waals surface area contributed by atoms with Crippen LogP contribution in [0.4, 0.5) is 6.01 Å². The summed E-state index contributed by atoms with van der Waals surface area (Å²) in [4.78, 5) is 6.19. The largest absolute Gasteiger partial charge is 0.423 e. The Balaban J connectivity index is 2.04. The molecule has 0 amide bonds. The molecule has 1 heterocycles. The van der Waals surface area contributed by atoms with Gasteiger partial charge in [0, 0.05) is 13.1 Å². The summed E-state index contributed by atoms with van der Waals surface area (Å²) in [6.45, 7) is 1.74. The van der Waals surface area contributed by atoms with Crippen LogP contribution in [0.15, 0.2) is 28.7 Å². The van der Waals surface area contributed by atoms with E-state index in [2.05, 4.69) is 4.98 Å². The molecule has 6 heteroatoms. The quantitative estimate of drug-likeness (QED) is 0.682. The Bertz CT molecular complexity index is 467. The third kappa shape index (κ3) is 3.66. The third-order valence-corrected chi connectivity index (χ3v) is 2.66. The molecule has 2 aromatic rings. The van der Waals surface area contributed by atoms with Gasteiger partial charge in [0.1, 0.15) is 5.52 Å². The van der Waals surface area contributed by atoms with E-state index in [1.807, 2.05) is 29.2 Å². The molecular weight excluding hydrogens is 248 g/mol. The Hall–Kier alpha value is -1.63. The summed E-state index contributed by atoms with van der Waals surface area (Å²) in [5.41, 5.74) is 1.51. The van der Waals surface area contributed by atoms with Gasteiger partial charge in [-0.1, -0.05) is 12.1 Å². The van der Waals surface area contributed by atoms with E-state index in [0.717, 1.165) is 11.1 Å². The van der Waals surface area contributed by atoms with Crippen molar-refractivity contribution in [3.8, 4) is 0 Å². The molecule has 0 spiro atoms. The van der Waals surface area contributed by atoms with Gasteiger partial charge < -0.3 is 24.3 Å². The van der Waals surface area contributed by atoms with Crippen molar-refractivity contribution < 1.29 is 19.4 Å². The molecule has 0 atom stereocenters. The highest BCUT2D eigenvalue weighted by atomic mass is 16.5. The van der Waals surface area contributed by atoms with Gasteiger partial charge in [0.25, 0.3) is 6.01 Å². The van der Waals surface area contributed by atoms with Crippen LogP contribution in [0.5, 0.6) is 0 Å². The fourth-order valence-electron chi connectivity index (χ4n) is 1.76. The number of aliphatic hydroxyl groups excluding tert-OH is 2. The molecule has 0 aliphatic rings. The molecule has 0 fully saturated rings. The van der Waals surface area contributed by atoms with Gasteiger partial charge in [-0.2, -0.15) is 4.98 Å². The smallest absolute Gasteiger partial charge is 0.298 e. The lowest BCUT2D eigenvalue weighted by atomic mass is 10.3. The normalized spacial score (nSPS) is 11.1. The maximum absolute atomic E-state index is 9.08. The molecule has 0 aliphatic carbocycles. The van der Waals surface area contributed by atoms with E-state index in [1.165, 1.54) is 0 Å². The predicted octanol–water partition coefficient (Wildman–Crippen LogP) is 0.635. The highest BCUT2D eigenvalue weighted by Gasteiger charge is 2.13. The molecule has 6 nitrogen and oxygen atoms in total. The first-order chi connectivity index (χ1) is 9.35. The Morgan fingerprint density at radius 1 is 1.11 bits per heavy atom. The fraction of sp³-hybridized carbons (Fsp3) is 0.462. The molecule has 0 unspecified atom stereocenters. The van der Waals surface area contributed by atoms with Crippen molar-refractivity contribution in [1.82, 2.24) is 4.98 Å². The minimum atomic E-state index is 0.00286. The van der Waals surface area contributed by atoms with Crippen LogP contribution in [-0.2, 0) is 4.74 Å². The molecule has 104 valence electrons. The van der Waals surface area contributed by atoms with Crippen LogP contribution in [0.3, 0.4) is 0 Å². The number of anilines is 1. The summed E-state index contributed by atoms with van der Waals surface area (Å²) in [5, 5.41) is 17.7. The second-order valence-electron chi connectivity index (χ2n) is 4.01. The van der Waals surface area contributed by atoms with Crippen LogP contribution in [0.1, 0.15) is 0 Å². The Kier molecular flexibility index (Phi) is 5.14.